The van der Waals surface area contributed by atoms with Gasteiger partial charge in [0.05, 0.1) is 0 Å². The molecule has 8 heteroatoms. The lowest BCUT2D eigenvalue weighted by molar-refractivity contribution is -0.115. The van der Waals surface area contributed by atoms with Crippen molar-refractivity contribution in [2.75, 3.05) is 24.3 Å². The minimum atomic E-state index is -0.169. The fraction of sp³-hybridized carbons (Fsp3) is 0.250. The van der Waals surface area contributed by atoms with Crippen molar-refractivity contribution in [3.8, 4) is 23.0 Å². The maximum atomic E-state index is 12.1. The average molecular weight is 397 g/mol. The summed E-state index contributed by atoms with van der Waals surface area (Å²) in [5.41, 5.74) is 1.92. The number of hydrogen-bond acceptors (Lipinski definition) is 7. The Bertz CT molecular complexity index is 972. The number of anilines is 1. The molecular weight excluding hydrogens is 378 g/mol. The van der Waals surface area contributed by atoms with Crippen LogP contribution < -0.4 is 14.8 Å². The molecule has 0 spiro atoms. The number of ether oxygens (including phenoxy) is 2. The van der Waals surface area contributed by atoms with Gasteiger partial charge < -0.3 is 13.9 Å². The number of nitrogens with one attached hydrogen (secondary N) is 1. The Kier molecular flexibility index (Phi) is 5.48. The molecule has 0 atom stereocenters. The van der Waals surface area contributed by atoms with Crippen LogP contribution in [0.3, 0.4) is 0 Å². The smallest absolute Gasteiger partial charge is 0.322 e. The highest BCUT2D eigenvalue weighted by atomic mass is 32.2. The Labute approximate surface area is 166 Å². The maximum Gasteiger partial charge on any atom is 0.322 e. The Balaban J connectivity index is 1.31. The Morgan fingerprint density at radius 1 is 1.07 bits per heavy atom. The zero-order valence-corrected chi connectivity index (χ0v) is 16.1. The number of benzene rings is 2. The van der Waals surface area contributed by atoms with Gasteiger partial charge in [-0.05, 0) is 37.3 Å². The lowest BCUT2D eigenvalue weighted by Gasteiger charge is -2.18. The second kappa shape index (κ2) is 8.35. The summed E-state index contributed by atoms with van der Waals surface area (Å²) in [5.74, 6) is 2.13. The Morgan fingerprint density at radius 2 is 1.86 bits per heavy atom. The number of rotatable bonds is 6. The van der Waals surface area contributed by atoms with Crippen molar-refractivity contribution in [1.29, 1.82) is 0 Å². The highest BCUT2D eigenvalue weighted by molar-refractivity contribution is 7.99. The summed E-state index contributed by atoms with van der Waals surface area (Å²) in [6, 6.07) is 13.7. The molecule has 0 aliphatic carbocycles. The zero-order valence-electron chi connectivity index (χ0n) is 15.3. The molecule has 2 aromatic carbocycles. The van der Waals surface area contributed by atoms with Crippen molar-refractivity contribution in [3.63, 3.8) is 0 Å². The number of amides is 1. The third-order valence-corrected chi connectivity index (χ3v) is 5.09. The lowest BCUT2D eigenvalue weighted by atomic mass is 10.2. The molecule has 1 aromatic heterocycles. The topological polar surface area (TPSA) is 86.5 Å². The van der Waals surface area contributed by atoms with Crippen LogP contribution in [0.2, 0.25) is 0 Å². The van der Waals surface area contributed by atoms with E-state index >= 15 is 0 Å². The summed E-state index contributed by atoms with van der Waals surface area (Å²) in [7, 11) is 0. The van der Waals surface area contributed by atoms with Crippen molar-refractivity contribution < 1.29 is 18.7 Å². The molecule has 3 aromatic rings. The summed E-state index contributed by atoms with van der Waals surface area (Å²) in [6.45, 7) is 3.08. The van der Waals surface area contributed by atoms with Gasteiger partial charge in [-0.1, -0.05) is 22.8 Å². The highest BCUT2D eigenvalue weighted by Gasteiger charge is 2.16. The van der Waals surface area contributed by atoms with E-state index < -0.39 is 0 Å². The summed E-state index contributed by atoms with van der Waals surface area (Å²) >= 11 is 1.63. The number of carbonyl (C=O) groups excluding carboxylic acids is 1. The first-order valence-corrected chi connectivity index (χ1v) is 9.89. The van der Waals surface area contributed by atoms with Crippen molar-refractivity contribution in [3.05, 3.63) is 48.0 Å². The van der Waals surface area contributed by atoms with Gasteiger partial charge in [0.15, 0.2) is 11.5 Å². The normalized spacial score (nSPS) is 12.6. The number of thioether (sulfide) groups is 1. The van der Waals surface area contributed by atoms with Gasteiger partial charge >= 0.3 is 6.01 Å². The summed E-state index contributed by atoms with van der Waals surface area (Å²) in [5, 5.41) is 10.5. The van der Waals surface area contributed by atoms with Gasteiger partial charge in [0.1, 0.15) is 13.2 Å². The third kappa shape index (κ3) is 4.45. The molecule has 1 aliphatic rings. The minimum absolute atomic E-state index is 0.0789. The molecule has 1 amide bonds. The monoisotopic (exact) mass is 397 g/mol. The first kappa shape index (κ1) is 18.4. The van der Waals surface area contributed by atoms with Gasteiger partial charge in [-0.25, -0.2) is 0 Å². The minimum Gasteiger partial charge on any atom is -0.486 e. The number of nitrogens with zero attached hydrogens (tertiary/aromatic N) is 2. The van der Waals surface area contributed by atoms with Crippen LogP contribution in [0.5, 0.6) is 11.5 Å². The van der Waals surface area contributed by atoms with E-state index in [9.17, 15) is 4.79 Å². The van der Waals surface area contributed by atoms with E-state index in [4.69, 9.17) is 13.9 Å². The molecule has 0 radical (unpaired) electrons. The molecular formula is C20H19N3O4S. The Hall–Kier alpha value is -3.00. The lowest BCUT2D eigenvalue weighted by Crippen LogP contribution is -2.15. The van der Waals surface area contributed by atoms with E-state index in [1.165, 1.54) is 5.56 Å². The van der Waals surface area contributed by atoms with Crippen LogP contribution in [-0.2, 0) is 4.79 Å². The van der Waals surface area contributed by atoms with E-state index in [-0.39, 0.29) is 11.9 Å². The fourth-order valence-corrected chi connectivity index (χ4v) is 3.50. The van der Waals surface area contributed by atoms with Gasteiger partial charge in [-0.3, -0.25) is 10.1 Å². The molecule has 0 fully saturated rings. The molecule has 144 valence electrons. The van der Waals surface area contributed by atoms with Gasteiger partial charge in [-0.2, -0.15) is 0 Å². The van der Waals surface area contributed by atoms with E-state index in [1.807, 2.05) is 13.0 Å². The first-order valence-electron chi connectivity index (χ1n) is 8.90. The van der Waals surface area contributed by atoms with Crippen molar-refractivity contribution in [1.82, 2.24) is 10.2 Å². The standard InChI is InChI=1S/C20H19N3O4S/c1-13-2-5-15(6-3-13)28-11-8-18(24)21-20-23-22-19(27-20)14-4-7-16-17(12-14)26-10-9-25-16/h2-7,12H,8-11H2,1H3,(H,21,23,24). The van der Waals surface area contributed by atoms with Crippen LogP contribution in [0.1, 0.15) is 12.0 Å². The quantitative estimate of drug-likeness (QED) is 0.631. The number of aryl methyl sites for hydroxylation is 1. The number of aromatic nitrogens is 2. The molecule has 1 N–H and O–H groups in total. The van der Waals surface area contributed by atoms with Crippen molar-refractivity contribution >= 4 is 23.7 Å². The molecule has 28 heavy (non-hydrogen) atoms. The highest BCUT2D eigenvalue weighted by Crippen LogP contribution is 2.34. The van der Waals surface area contributed by atoms with E-state index in [0.717, 1.165) is 4.90 Å². The summed E-state index contributed by atoms with van der Waals surface area (Å²) in [4.78, 5) is 13.2. The second-order valence-corrected chi connectivity index (χ2v) is 7.40. The van der Waals surface area contributed by atoms with Crippen LogP contribution >= 0.6 is 11.8 Å². The number of fused-ring (bicyclic) bond motifs is 1. The van der Waals surface area contributed by atoms with Crippen LogP contribution in [0.15, 0.2) is 51.8 Å². The van der Waals surface area contributed by atoms with Gasteiger partial charge in [0.2, 0.25) is 11.8 Å². The molecule has 7 nitrogen and oxygen atoms in total. The predicted molar refractivity (Wildman–Crippen MR) is 106 cm³/mol. The average Bonchev–Trinajstić information content (AvgIpc) is 3.17. The van der Waals surface area contributed by atoms with Gasteiger partial charge in [-0.15, -0.1) is 16.9 Å². The molecule has 0 saturated carbocycles. The predicted octanol–water partition coefficient (Wildman–Crippen LogP) is 3.94. The van der Waals surface area contributed by atoms with E-state index in [2.05, 4.69) is 39.8 Å². The van der Waals surface area contributed by atoms with Gasteiger partial charge in [0, 0.05) is 22.6 Å². The maximum absolute atomic E-state index is 12.1. The first-order chi connectivity index (χ1) is 13.7. The van der Waals surface area contributed by atoms with Crippen molar-refractivity contribution in [2.45, 2.75) is 18.2 Å². The number of hydrogen-bond donors (Lipinski definition) is 1. The summed E-state index contributed by atoms with van der Waals surface area (Å²) in [6.07, 6.45) is 0.348. The zero-order chi connectivity index (χ0) is 19.3. The van der Waals surface area contributed by atoms with E-state index in [1.54, 1.807) is 23.9 Å². The second-order valence-electron chi connectivity index (χ2n) is 6.23. The molecule has 0 unspecified atom stereocenters. The van der Waals surface area contributed by atoms with Crippen LogP contribution in [-0.4, -0.2) is 35.1 Å². The molecule has 2 heterocycles. The van der Waals surface area contributed by atoms with Gasteiger partial charge in [0.25, 0.3) is 0 Å². The van der Waals surface area contributed by atoms with E-state index in [0.29, 0.717) is 48.3 Å². The molecule has 4 rings (SSSR count). The van der Waals surface area contributed by atoms with Crippen molar-refractivity contribution in [2.24, 2.45) is 0 Å². The number of carbonyl (C=O) groups is 1. The molecule has 0 bridgehead atoms. The van der Waals surface area contributed by atoms with Crippen LogP contribution in [0.25, 0.3) is 11.5 Å². The SMILES string of the molecule is Cc1ccc(SCCC(=O)Nc2nnc(-c3ccc4c(c3)OCCO4)o2)cc1. The largest absolute Gasteiger partial charge is 0.486 e. The molecule has 1 aliphatic heterocycles. The summed E-state index contributed by atoms with van der Waals surface area (Å²) < 4.78 is 16.6. The Morgan fingerprint density at radius 3 is 2.68 bits per heavy atom. The third-order valence-electron chi connectivity index (χ3n) is 4.08. The van der Waals surface area contributed by atoms with Crippen LogP contribution in [0.4, 0.5) is 6.01 Å². The molecule has 0 saturated heterocycles. The fourth-order valence-electron chi connectivity index (χ4n) is 2.64. The van der Waals surface area contributed by atoms with Crippen LogP contribution in [0, 0.1) is 6.92 Å².